The summed E-state index contributed by atoms with van der Waals surface area (Å²) in [6.45, 7) is 7.84. The van der Waals surface area contributed by atoms with E-state index in [9.17, 15) is 13.2 Å². The summed E-state index contributed by atoms with van der Waals surface area (Å²) in [6.07, 6.45) is 1.90. The molecule has 0 bridgehead atoms. The van der Waals surface area contributed by atoms with Crippen LogP contribution in [0.4, 0.5) is 0 Å². The topological polar surface area (TPSA) is 84.9 Å². The van der Waals surface area contributed by atoms with Gasteiger partial charge in [-0.05, 0) is 58.2 Å². The smallest absolute Gasteiger partial charge is 0.246 e. The number of hydrogen-bond donors (Lipinski definition) is 1. The maximum atomic E-state index is 13.1. The Morgan fingerprint density at radius 3 is 2.62 bits per heavy atom. The highest BCUT2D eigenvalue weighted by Gasteiger charge is 2.33. The van der Waals surface area contributed by atoms with Crippen molar-refractivity contribution in [3.8, 4) is 5.75 Å². The first-order valence-corrected chi connectivity index (χ1v) is 11.9. The molecule has 164 valence electrons. The second kappa shape index (κ2) is 11.2. The van der Waals surface area contributed by atoms with Crippen molar-refractivity contribution >= 4 is 27.5 Å². The Hall–Kier alpha value is -1.35. The molecule has 0 spiro atoms. The van der Waals surface area contributed by atoms with Gasteiger partial charge in [-0.2, -0.15) is 4.31 Å². The number of piperidine rings is 1. The Balaban J connectivity index is 1.91. The Morgan fingerprint density at radius 1 is 1.31 bits per heavy atom. The van der Waals surface area contributed by atoms with Gasteiger partial charge in [-0.3, -0.25) is 4.79 Å². The van der Waals surface area contributed by atoms with Crippen molar-refractivity contribution in [2.24, 2.45) is 5.92 Å². The minimum Gasteiger partial charge on any atom is -0.492 e. The first kappa shape index (κ1) is 23.9. The Bertz CT molecular complexity index is 777. The van der Waals surface area contributed by atoms with Crippen LogP contribution < -0.4 is 10.1 Å². The van der Waals surface area contributed by atoms with Crippen LogP contribution in [0.5, 0.6) is 5.75 Å². The molecule has 1 N–H and O–H groups in total. The summed E-state index contributed by atoms with van der Waals surface area (Å²) < 4.78 is 38.5. The van der Waals surface area contributed by atoms with E-state index in [4.69, 9.17) is 21.1 Å². The number of sulfonamides is 1. The van der Waals surface area contributed by atoms with E-state index in [-0.39, 0.29) is 35.9 Å². The standard InChI is InChI=1S/C20H31ClN2O5S/c1-4-27-18-7-6-17(21)14-19(18)29(25,26)23-11-8-16(9-12-23)20(24)22-10-5-13-28-15(2)3/h6-7,14-16H,4-5,8-13H2,1-3H3,(H,22,24). The molecule has 0 aromatic heterocycles. The average Bonchev–Trinajstić information content (AvgIpc) is 2.69. The third-order valence-electron chi connectivity index (χ3n) is 4.72. The van der Waals surface area contributed by atoms with Crippen molar-refractivity contribution in [3.05, 3.63) is 23.2 Å². The van der Waals surface area contributed by atoms with Crippen molar-refractivity contribution in [2.45, 2.75) is 51.0 Å². The summed E-state index contributed by atoms with van der Waals surface area (Å²) in [6, 6.07) is 4.59. The third kappa shape index (κ3) is 6.84. The molecule has 2 rings (SSSR count). The molecule has 0 radical (unpaired) electrons. The summed E-state index contributed by atoms with van der Waals surface area (Å²) in [4.78, 5) is 12.4. The molecule has 9 heteroatoms. The summed E-state index contributed by atoms with van der Waals surface area (Å²) in [5, 5.41) is 3.26. The maximum Gasteiger partial charge on any atom is 0.246 e. The van der Waals surface area contributed by atoms with E-state index in [1.165, 1.54) is 10.4 Å². The number of carbonyl (C=O) groups excluding carboxylic acids is 1. The van der Waals surface area contributed by atoms with Crippen molar-refractivity contribution in [1.29, 1.82) is 0 Å². The normalized spacial score (nSPS) is 16.2. The van der Waals surface area contributed by atoms with Gasteiger partial charge in [0.15, 0.2) is 0 Å². The van der Waals surface area contributed by atoms with E-state index in [1.807, 2.05) is 13.8 Å². The molecule has 1 aliphatic heterocycles. The van der Waals surface area contributed by atoms with E-state index in [2.05, 4.69) is 5.32 Å². The molecule has 1 heterocycles. The number of nitrogens with zero attached hydrogens (tertiary/aromatic N) is 1. The first-order chi connectivity index (χ1) is 13.8. The summed E-state index contributed by atoms with van der Waals surface area (Å²) in [7, 11) is -3.74. The Kier molecular flexibility index (Phi) is 9.20. The third-order valence-corrected chi connectivity index (χ3v) is 6.87. The van der Waals surface area contributed by atoms with Crippen LogP contribution in [0.1, 0.15) is 40.0 Å². The lowest BCUT2D eigenvalue weighted by Gasteiger charge is -2.31. The van der Waals surface area contributed by atoms with Gasteiger partial charge in [-0.15, -0.1) is 0 Å². The predicted octanol–water partition coefficient (Wildman–Crippen LogP) is 3.07. The van der Waals surface area contributed by atoms with Gasteiger partial charge < -0.3 is 14.8 Å². The highest BCUT2D eigenvalue weighted by molar-refractivity contribution is 7.89. The number of rotatable bonds is 10. The molecule has 0 aliphatic carbocycles. The largest absolute Gasteiger partial charge is 0.492 e. The number of halogens is 1. The molecular formula is C20H31ClN2O5S. The molecule has 1 aromatic carbocycles. The highest BCUT2D eigenvalue weighted by atomic mass is 35.5. The second-order valence-electron chi connectivity index (χ2n) is 7.27. The fourth-order valence-corrected chi connectivity index (χ4v) is 5.07. The van der Waals surface area contributed by atoms with E-state index < -0.39 is 10.0 Å². The zero-order valence-electron chi connectivity index (χ0n) is 17.3. The van der Waals surface area contributed by atoms with Crippen LogP contribution in [0.2, 0.25) is 5.02 Å². The molecular weight excluding hydrogens is 416 g/mol. The van der Waals surface area contributed by atoms with Gasteiger partial charge in [0.05, 0.1) is 12.7 Å². The molecule has 1 amide bonds. The van der Waals surface area contributed by atoms with Crippen molar-refractivity contribution in [3.63, 3.8) is 0 Å². The lowest BCUT2D eigenvalue weighted by molar-refractivity contribution is -0.126. The van der Waals surface area contributed by atoms with Crippen LogP contribution in [0.25, 0.3) is 0 Å². The van der Waals surface area contributed by atoms with Gasteiger partial charge in [0.1, 0.15) is 10.6 Å². The van der Waals surface area contributed by atoms with Crippen molar-refractivity contribution < 1.29 is 22.7 Å². The molecule has 0 unspecified atom stereocenters. The van der Waals surface area contributed by atoms with Crippen LogP contribution in [0.15, 0.2) is 23.1 Å². The van der Waals surface area contributed by atoms with Gasteiger partial charge in [-0.1, -0.05) is 11.6 Å². The molecule has 1 aromatic rings. The van der Waals surface area contributed by atoms with E-state index in [1.54, 1.807) is 19.1 Å². The Morgan fingerprint density at radius 2 is 2.00 bits per heavy atom. The molecule has 1 saturated heterocycles. The zero-order valence-corrected chi connectivity index (χ0v) is 18.9. The lowest BCUT2D eigenvalue weighted by atomic mass is 9.97. The number of amides is 1. The quantitative estimate of drug-likeness (QED) is 0.558. The highest BCUT2D eigenvalue weighted by Crippen LogP contribution is 2.32. The molecule has 1 aliphatic rings. The van der Waals surface area contributed by atoms with Crippen LogP contribution >= 0.6 is 11.6 Å². The monoisotopic (exact) mass is 446 g/mol. The van der Waals surface area contributed by atoms with Crippen molar-refractivity contribution in [2.75, 3.05) is 32.8 Å². The molecule has 29 heavy (non-hydrogen) atoms. The van der Waals surface area contributed by atoms with Gasteiger partial charge in [-0.25, -0.2) is 8.42 Å². The van der Waals surface area contributed by atoms with Gasteiger partial charge in [0, 0.05) is 37.2 Å². The average molecular weight is 447 g/mol. The SMILES string of the molecule is CCOc1ccc(Cl)cc1S(=O)(=O)N1CCC(C(=O)NCCCOC(C)C)CC1. The zero-order chi connectivity index (χ0) is 21.4. The Labute approximate surface area is 178 Å². The fraction of sp³-hybridized carbons (Fsp3) is 0.650. The van der Waals surface area contributed by atoms with E-state index in [0.717, 1.165) is 6.42 Å². The van der Waals surface area contributed by atoms with E-state index >= 15 is 0 Å². The number of nitrogens with one attached hydrogen (secondary N) is 1. The molecule has 7 nitrogen and oxygen atoms in total. The summed E-state index contributed by atoms with van der Waals surface area (Å²) >= 11 is 6.01. The lowest BCUT2D eigenvalue weighted by Crippen LogP contribution is -2.43. The minimum absolute atomic E-state index is 0.0237. The van der Waals surface area contributed by atoms with Gasteiger partial charge >= 0.3 is 0 Å². The number of benzene rings is 1. The van der Waals surface area contributed by atoms with Crippen LogP contribution in [0.3, 0.4) is 0 Å². The summed E-state index contributed by atoms with van der Waals surface area (Å²) in [5.41, 5.74) is 0. The fourth-order valence-electron chi connectivity index (χ4n) is 3.20. The minimum atomic E-state index is -3.74. The number of carbonyl (C=O) groups is 1. The van der Waals surface area contributed by atoms with Crippen LogP contribution in [0, 0.1) is 5.92 Å². The van der Waals surface area contributed by atoms with Crippen molar-refractivity contribution in [1.82, 2.24) is 9.62 Å². The van der Waals surface area contributed by atoms with Crippen LogP contribution in [-0.2, 0) is 19.6 Å². The molecule has 1 fully saturated rings. The second-order valence-corrected chi connectivity index (χ2v) is 9.61. The molecule has 0 saturated carbocycles. The van der Waals surface area contributed by atoms with Crippen LogP contribution in [-0.4, -0.2) is 57.6 Å². The van der Waals surface area contributed by atoms with E-state index in [0.29, 0.717) is 43.4 Å². The number of ether oxygens (including phenoxy) is 2. The molecule has 0 atom stereocenters. The predicted molar refractivity (Wildman–Crippen MR) is 113 cm³/mol. The maximum absolute atomic E-state index is 13.1. The summed E-state index contributed by atoms with van der Waals surface area (Å²) in [5.74, 6) is 0.0860. The number of hydrogen-bond acceptors (Lipinski definition) is 5. The first-order valence-electron chi connectivity index (χ1n) is 10.1. The van der Waals surface area contributed by atoms with Gasteiger partial charge in [0.2, 0.25) is 15.9 Å². The van der Waals surface area contributed by atoms with Gasteiger partial charge in [0.25, 0.3) is 0 Å².